The zero-order chi connectivity index (χ0) is 14.0. The first kappa shape index (κ1) is 15.0. The summed E-state index contributed by atoms with van der Waals surface area (Å²) in [7, 11) is 0. The minimum absolute atomic E-state index is 0.106. The molecule has 0 aliphatic heterocycles. The monoisotopic (exact) mass is 249 g/mol. The standard InChI is InChI=1S/C16H27NO/c1-15(2,3)11-16(4,5)13-6-7-14(18)12(10-13)8-9-17/h6-7,10,18H,8-9,11,17H2,1-5H3. The van der Waals surface area contributed by atoms with Gasteiger partial charge in [-0.1, -0.05) is 46.8 Å². The van der Waals surface area contributed by atoms with E-state index in [0.717, 1.165) is 18.4 Å². The maximum Gasteiger partial charge on any atom is 0.118 e. The molecule has 0 saturated heterocycles. The largest absolute Gasteiger partial charge is 0.508 e. The molecule has 2 heteroatoms. The van der Waals surface area contributed by atoms with Gasteiger partial charge in [-0.2, -0.15) is 0 Å². The van der Waals surface area contributed by atoms with Gasteiger partial charge in [0.2, 0.25) is 0 Å². The number of phenols is 1. The van der Waals surface area contributed by atoms with E-state index < -0.39 is 0 Å². The van der Waals surface area contributed by atoms with Gasteiger partial charge in [-0.25, -0.2) is 0 Å². The van der Waals surface area contributed by atoms with Gasteiger partial charge in [0, 0.05) is 0 Å². The van der Waals surface area contributed by atoms with Crippen molar-refractivity contribution in [1.82, 2.24) is 0 Å². The molecule has 0 aliphatic rings. The van der Waals surface area contributed by atoms with Crippen LogP contribution in [-0.2, 0) is 11.8 Å². The second kappa shape index (κ2) is 5.31. The van der Waals surface area contributed by atoms with Crippen molar-refractivity contribution in [1.29, 1.82) is 0 Å². The summed E-state index contributed by atoms with van der Waals surface area (Å²) in [5, 5.41) is 9.81. The molecule has 0 bridgehead atoms. The van der Waals surface area contributed by atoms with E-state index in [2.05, 4.69) is 40.7 Å². The van der Waals surface area contributed by atoms with Gasteiger partial charge in [-0.3, -0.25) is 0 Å². The molecule has 3 N–H and O–H groups in total. The van der Waals surface area contributed by atoms with Crippen molar-refractivity contribution in [2.75, 3.05) is 6.54 Å². The summed E-state index contributed by atoms with van der Waals surface area (Å²) in [6, 6.07) is 5.93. The van der Waals surface area contributed by atoms with Crippen LogP contribution in [0.4, 0.5) is 0 Å². The number of hydrogen-bond acceptors (Lipinski definition) is 2. The number of hydrogen-bond donors (Lipinski definition) is 2. The van der Waals surface area contributed by atoms with Crippen molar-refractivity contribution in [3.8, 4) is 5.75 Å². The third-order valence-corrected chi connectivity index (χ3v) is 3.25. The molecule has 0 aromatic heterocycles. The zero-order valence-electron chi connectivity index (χ0n) is 12.4. The molecule has 0 heterocycles. The topological polar surface area (TPSA) is 46.2 Å². The Labute approximate surface area is 111 Å². The number of benzene rings is 1. The van der Waals surface area contributed by atoms with Gasteiger partial charge >= 0.3 is 0 Å². The molecule has 0 spiro atoms. The Kier molecular flexibility index (Phi) is 4.44. The van der Waals surface area contributed by atoms with E-state index >= 15 is 0 Å². The lowest BCUT2D eigenvalue weighted by atomic mass is 9.72. The van der Waals surface area contributed by atoms with Gasteiger partial charge in [0.15, 0.2) is 0 Å². The lowest BCUT2D eigenvalue weighted by Gasteiger charge is -2.33. The molecule has 0 fully saturated rings. The molecule has 0 amide bonds. The minimum atomic E-state index is 0.106. The molecule has 0 aliphatic carbocycles. The smallest absolute Gasteiger partial charge is 0.118 e. The fraction of sp³-hybridized carbons (Fsp3) is 0.625. The minimum Gasteiger partial charge on any atom is -0.508 e. The lowest BCUT2D eigenvalue weighted by molar-refractivity contribution is 0.284. The Balaban J connectivity index is 3.05. The van der Waals surface area contributed by atoms with E-state index in [-0.39, 0.29) is 10.8 Å². The van der Waals surface area contributed by atoms with Crippen LogP contribution in [0.1, 0.15) is 52.2 Å². The van der Waals surface area contributed by atoms with Crippen LogP contribution in [0.2, 0.25) is 0 Å². The molecule has 1 aromatic rings. The highest BCUT2D eigenvalue weighted by atomic mass is 16.3. The predicted molar refractivity (Wildman–Crippen MR) is 78.0 cm³/mol. The Morgan fingerprint density at radius 3 is 2.22 bits per heavy atom. The van der Waals surface area contributed by atoms with E-state index in [1.54, 1.807) is 6.07 Å². The summed E-state index contributed by atoms with van der Waals surface area (Å²) >= 11 is 0. The van der Waals surface area contributed by atoms with Crippen LogP contribution in [0.5, 0.6) is 5.75 Å². The van der Waals surface area contributed by atoms with Gasteiger partial charge in [0.05, 0.1) is 0 Å². The highest BCUT2D eigenvalue weighted by molar-refractivity contribution is 5.39. The average Bonchev–Trinajstić information content (AvgIpc) is 2.17. The summed E-state index contributed by atoms with van der Waals surface area (Å²) < 4.78 is 0. The van der Waals surface area contributed by atoms with Crippen molar-refractivity contribution in [2.45, 2.75) is 52.9 Å². The molecular formula is C16H27NO. The molecule has 102 valence electrons. The van der Waals surface area contributed by atoms with E-state index in [9.17, 15) is 5.11 Å². The van der Waals surface area contributed by atoms with E-state index in [4.69, 9.17) is 5.73 Å². The normalized spacial score (nSPS) is 12.8. The van der Waals surface area contributed by atoms with Gasteiger partial charge in [-0.15, -0.1) is 0 Å². The summed E-state index contributed by atoms with van der Waals surface area (Å²) in [5.74, 6) is 0.357. The summed E-state index contributed by atoms with van der Waals surface area (Å²) in [6.45, 7) is 11.9. The quantitative estimate of drug-likeness (QED) is 0.856. The summed E-state index contributed by atoms with van der Waals surface area (Å²) in [4.78, 5) is 0. The molecule has 0 unspecified atom stereocenters. The van der Waals surface area contributed by atoms with Gasteiger partial charge in [0.1, 0.15) is 5.75 Å². The van der Waals surface area contributed by atoms with E-state index in [1.807, 2.05) is 6.07 Å². The molecular weight excluding hydrogens is 222 g/mol. The molecule has 1 rings (SSSR count). The number of phenolic OH excluding ortho intramolecular Hbond substituents is 1. The molecule has 0 atom stereocenters. The number of rotatable bonds is 4. The molecule has 0 radical (unpaired) electrons. The molecule has 2 nitrogen and oxygen atoms in total. The fourth-order valence-electron chi connectivity index (χ4n) is 2.79. The van der Waals surface area contributed by atoms with E-state index in [0.29, 0.717) is 12.3 Å². The Hall–Kier alpha value is -1.02. The van der Waals surface area contributed by atoms with Crippen LogP contribution in [0.15, 0.2) is 18.2 Å². The summed E-state index contributed by atoms with van der Waals surface area (Å²) in [6.07, 6.45) is 1.83. The first-order valence-electron chi connectivity index (χ1n) is 6.68. The molecule has 0 saturated carbocycles. The lowest BCUT2D eigenvalue weighted by Crippen LogP contribution is -2.25. The number of nitrogens with two attached hydrogens (primary N) is 1. The number of aromatic hydroxyl groups is 1. The van der Waals surface area contributed by atoms with Crippen LogP contribution in [0.25, 0.3) is 0 Å². The average molecular weight is 249 g/mol. The SMILES string of the molecule is CC(C)(C)CC(C)(C)c1ccc(O)c(CCN)c1. The van der Waals surface area contributed by atoms with Crippen molar-refractivity contribution in [3.05, 3.63) is 29.3 Å². The van der Waals surface area contributed by atoms with Gasteiger partial charge in [-0.05, 0) is 47.4 Å². The van der Waals surface area contributed by atoms with Gasteiger partial charge < -0.3 is 10.8 Å². The Morgan fingerprint density at radius 1 is 1.11 bits per heavy atom. The van der Waals surface area contributed by atoms with Crippen molar-refractivity contribution >= 4 is 0 Å². The second-order valence-electron chi connectivity index (χ2n) is 7.00. The summed E-state index contributed by atoms with van der Waals surface area (Å²) in [5.41, 5.74) is 8.20. The fourth-order valence-corrected chi connectivity index (χ4v) is 2.79. The Bertz CT molecular complexity index is 402. The zero-order valence-corrected chi connectivity index (χ0v) is 12.4. The van der Waals surface area contributed by atoms with Crippen LogP contribution >= 0.6 is 0 Å². The molecule has 1 aromatic carbocycles. The van der Waals surface area contributed by atoms with Crippen LogP contribution < -0.4 is 5.73 Å². The van der Waals surface area contributed by atoms with Crippen LogP contribution in [-0.4, -0.2) is 11.7 Å². The third kappa shape index (κ3) is 4.02. The first-order valence-corrected chi connectivity index (χ1v) is 6.68. The third-order valence-electron chi connectivity index (χ3n) is 3.25. The van der Waals surface area contributed by atoms with Crippen LogP contribution in [0.3, 0.4) is 0 Å². The van der Waals surface area contributed by atoms with Crippen molar-refractivity contribution in [3.63, 3.8) is 0 Å². The maximum atomic E-state index is 9.81. The highest BCUT2D eigenvalue weighted by Gasteiger charge is 2.27. The second-order valence-corrected chi connectivity index (χ2v) is 7.00. The predicted octanol–water partition coefficient (Wildman–Crippen LogP) is 3.61. The molecule has 18 heavy (non-hydrogen) atoms. The first-order chi connectivity index (χ1) is 8.15. The van der Waals surface area contributed by atoms with Gasteiger partial charge in [0.25, 0.3) is 0 Å². The Morgan fingerprint density at radius 2 is 1.72 bits per heavy atom. The van der Waals surface area contributed by atoms with E-state index in [1.165, 1.54) is 5.56 Å². The maximum absolute atomic E-state index is 9.81. The highest BCUT2D eigenvalue weighted by Crippen LogP contribution is 2.37. The van der Waals surface area contributed by atoms with Crippen molar-refractivity contribution in [2.24, 2.45) is 11.1 Å². The van der Waals surface area contributed by atoms with Crippen molar-refractivity contribution < 1.29 is 5.11 Å². The van der Waals surface area contributed by atoms with Crippen LogP contribution in [0, 0.1) is 5.41 Å².